The molecule has 1 aromatic carbocycles. The lowest BCUT2D eigenvalue weighted by atomic mass is 10.1. The summed E-state index contributed by atoms with van der Waals surface area (Å²) in [5.41, 5.74) is 7.82. The molecule has 2 N–H and O–H groups in total. The van der Waals surface area contributed by atoms with Crippen molar-refractivity contribution in [1.29, 1.82) is 0 Å². The molecule has 4 nitrogen and oxygen atoms in total. The zero-order valence-electron chi connectivity index (χ0n) is 10.1. The number of anilines is 1. The van der Waals surface area contributed by atoms with Gasteiger partial charge in [-0.3, -0.25) is 9.36 Å². The average molecular weight is 239 g/mol. The lowest BCUT2D eigenvalue weighted by Gasteiger charge is -2.09. The van der Waals surface area contributed by atoms with Crippen LogP contribution < -0.4 is 11.3 Å². The molecule has 0 amide bonds. The van der Waals surface area contributed by atoms with Gasteiger partial charge in [-0.15, -0.1) is 0 Å². The molecule has 0 saturated heterocycles. The first kappa shape index (κ1) is 10.8. The molecular formula is C14H13N3O. The zero-order valence-corrected chi connectivity index (χ0v) is 10.1. The van der Waals surface area contributed by atoms with E-state index in [9.17, 15) is 4.79 Å². The topological polar surface area (TPSA) is 60.9 Å². The second kappa shape index (κ2) is 3.84. The van der Waals surface area contributed by atoms with Crippen molar-refractivity contribution in [3.8, 4) is 0 Å². The Morgan fingerprint density at radius 3 is 2.83 bits per heavy atom. The second-order valence-electron chi connectivity index (χ2n) is 4.23. The first-order chi connectivity index (χ1) is 8.70. The number of nitrogens with two attached hydrogens (primary N) is 1. The highest BCUT2D eigenvalue weighted by Gasteiger charge is 2.08. The summed E-state index contributed by atoms with van der Waals surface area (Å²) in [5, 5.41) is 1.85. The summed E-state index contributed by atoms with van der Waals surface area (Å²) in [6.07, 6.45) is 0. The highest BCUT2D eigenvalue weighted by atomic mass is 16.1. The third-order valence-corrected chi connectivity index (χ3v) is 3.13. The highest BCUT2D eigenvalue weighted by molar-refractivity contribution is 5.97. The van der Waals surface area contributed by atoms with Crippen molar-refractivity contribution in [3.63, 3.8) is 0 Å². The van der Waals surface area contributed by atoms with Crippen LogP contribution in [0.3, 0.4) is 0 Å². The molecule has 0 saturated carbocycles. The molecule has 2 aromatic heterocycles. The van der Waals surface area contributed by atoms with Gasteiger partial charge >= 0.3 is 0 Å². The van der Waals surface area contributed by atoms with Gasteiger partial charge in [-0.25, -0.2) is 4.98 Å². The monoisotopic (exact) mass is 239 g/mol. The largest absolute Gasteiger partial charge is 0.398 e. The molecule has 18 heavy (non-hydrogen) atoms. The van der Waals surface area contributed by atoms with E-state index in [1.54, 1.807) is 4.57 Å². The van der Waals surface area contributed by atoms with Gasteiger partial charge in [0.1, 0.15) is 5.65 Å². The van der Waals surface area contributed by atoms with Crippen molar-refractivity contribution in [2.24, 2.45) is 0 Å². The van der Waals surface area contributed by atoms with E-state index in [0.717, 1.165) is 16.3 Å². The maximum Gasteiger partial charge on any atom is 0.254 e. The predicted octanol–water partition coefficient (Wildman–Crippen LogP) is 2.15. The predicted molar refractivity (Wildman–Crippen MR) is 73.6 cm³/mol. The quantitative estimate of drug-likeness (QED) is 0.662. The first-order valence-electron chi connectivity index (χ1n) is 5.89. The van der Waals surface area contributed by atoms with E-state index in [1.807, 2.05) is 37.3 Å². The van der Waals surface area contributed by atoms with Gasteiger partial charge in [0.05, 0.1) is 5.52 Å². The summed E-state index contributed by atoms with van der Waals surface area (Å²) in [6, 6.07) is 11.3. The standard InChI is InChI=1S/C14H13N3O/c1-2-17-13(18)8-11(15)10-7-9-5-3-4-6-12(9)16-14(10)17/h3-8H,2,15H2,1H3. The fourth-order valence-corrected chi connectivity index (χ4v) is 2.22. The number of aryl methyl sites for hydroxylation is 1. The number of para-hydroxylation sites is 1. The highest BCUT2D eigenvalue weighted by Crippen LogP contribution is 2.22. The van der Waals surface area contributed by atoms with Crippen LogP contribution in [0.1, 0.15) is 6.92 Å². The van der Waals surface area contributed by atoms with E-state index >= 15 is 0 Å². The summed E-state index contributed by atoms with van der Waals surface area (Å²) >= 11 is 0. The van der Waals surface area contributed by atoms with E-state index in [2.05, 4.69) is 4.98 Å². The van der Waals surface area contributed by atoms with Crippen molar-refractivity contribution in [2.75, 3.05) is 5.73 Å². The molecule has 0 aliphatic carbocycles. The molecule has 0 spiro atoms. The number of rotatable bonds is 1. The van der Waals surface area contributed by atoms with Gasteiger partial charge in [-0.1, -0.05) is 18.2 Å². The molecule has 4 heteroatoms. The van der Waals surface area contributed by atoms with Crippen LogP contribution in [0, 0.1) is 0 Å². The van der Waals surface area contributed by atoms with Gasteiger partial charge in [-0.05, 0) is 19.1 Å². The van der Waals surface area contributed by atoms with Crippen molar-refractivity contribution in [2.45, 2.75) is 13.5 Å². The van der Waals surface area contributed by atoms with Crippen molar-refractivity contribution in [3.05, 3.63) is 46.8 Å². The number of fused-ring (bicyclic) bond motifs is 2. The Balaban J connectivity index is 2.56. The van der Waals surface area contributed by atoms with Crippen molar-refractivity contribution in [1.82, 2.24) is 9.55 Å². The third kappa shape index (κ3) is 1.46. The Labute approximate surface area is 104 Å². The van der Waals surface area contributed by atoms with Crippen LogP contribution in [0.4, 0.5) is 5.69 Å². The maximum atomic E-state index is 11.9. The SMILES string of the molecule is CCn1c(=O)cc(N)c2cc3ccccc3nc21. The van der Waals surface area contributed by atoms with Crippen LogP contribution in [-0.4, -0.2) is 9.55 Å². The molecule has 90 valence electrons. The van der Waals surface area contributed by atoms with Crippen LogP contribution in [0.25, 0.3) is 21.9 Å². The molecule has 3 aromatic rings. The Morgan fingerprint density at radius 2 is 2.06 bits per heavy atom. The van der Waals surface area contributed by atoms with Crippen LogP contribution >= 0.6 is 0 Å². The lowest BCUT2D eigenvalue weighted by Crippen LogP contribution is -2.20. The van der Waals surface area contributed by atoms with E-state index in [0.29, 0.717) is 17.9 Å². The van der Waals surface area contributed by atoms with E-state index < -0.39 is 0 Å². The number of aromatic nitrogens is 2. The fraction of sp³-hybridized carbons (Fsp3) is 0.143. The Bertz CT molecular complexity index is 805. The van der Waals surface area contributed by atoms with Gasteiger partial charge in [-0.2, -0.15) is 0 Å². The van der Waals surface area contributed by atoms with Crippen molar-refractivity contribution < 1.29 is 0 Å². The van der Waals surface area contributed by atoms with E-state index in [1.165, 1.54) is 6.07 Å². The Morgan fingerprint density at radius 1 is 1.28 bits per heavy atom. The Hall–Kier alpha value is -2.36. The van der Waals surface area contributed by atoms with Gasteiger partial charge in [0.2, 0.25) is 0 Å². The molecule has 0 aliphatic rings. The fourth-order valence-electron chi connectivity index (χ4n) is 2.22. The summed E-state index contributed by atoms with van der Waals surface area (Å²) in [5.74, 6) is 0. The Kier molecular flexibility index (Phi) is 2.30. The minimum absolute atomic E-state index is 0.106. The van der Waals surface area contributed by atoms with Crippen LogP contribution in [0.5, 0.6) is 0 Å². The number of pyridine rings is 2. The zero-order chi connectivity index (χ0) is 12.7. The van der Waals surface area contributed by atoms with Gasteiger partial charge in [0.25, 0.3) is 5.56 Å². The minimum atomic E-state index is -0.106. The van der Waals surface area contributed by atoms with Crippen molar-refractivity contribution >= 4 is 27.6 Å². The molecular weight excluding hydrogens is 226 g/mol. The normalized spacial score (nSPS) is 11.2. The number of nitrogen functional groups attached to an aromatic ring is 1. The number of hydrogen-bond donors (Lipinski definition) is 1. The molecule has 0 bridgehead atoms. The molecule has 0 atom stereocenters. The molecule has 0 fully saturated rings. The summed E-state index contributed by atoms with van der Waals surface area (Å²) in [6.45, 7) is 2.51. The van der Waals surface area contributed by atoms with Gasteiger partial charge in [0, 0.05) is 29.1 Å². The van der Waals surface area contributed by atoms with Gasteiger partial charge in [0.15, 0.2) is 0 Å². The van der Waals surface area contributed by atoms with E-state index in [-0.39, 0.29) is 5.56 Å². The second-order valence-corrected chi connectivity index (χ2v) is 4.23. The summed E-state index contributed by atoms with van der Waals surface area (Å²) in [4.78, 5) is 16.4. The smallest absolute Gasteiger partial charge is 0.254 e. The number of nitrogens with zero attached hydrogens (tertiary/aromatic N) is 2. The minimum Gasteiger partial charge on any atom is -0.398 e. The van der Waals surface area contributed by atoms with Crippen LogP contribution in [-0.2, 0) is 6.54 Å². The molecule has 2 heterocycles. The van der Waals surface area contributed by atoms with E-state index in [4.69, 9.17) is 5.73 Å². The lowest BCUT2D eigenvalue weighted by molar-refractivity contribution is 0.752. The average Bonchev–Trinajstić information content (AvgIpc) is 2.37. The summed E-state index contributed by atoms with van der Waals surface area (Å²) < 4.78 is 1.64. The summed E-state index contributed by atoms with van der Waals surface area (Å²) in [7, 11) is 0. The molecule has 3 rings (SSSR count). The maximum absolute atomic E-state index is 11.9. The number of benzene rings is 1. The number of hydrogen-bond acceptors (Lipinski definition) is 3. The van der Waals surface area contributed by atoms with Crippen LogP contribution in [0.2, 0.25) is 0 Å². The van der Waals surface area contributed by atoms with Crippen LogP contribution in [0.15, 0.2) is 41.2 Å². The molecule has 0 aliphatic heterocycles. The molecule has 0 unspecified atom stereocenters. The molecule has 0 radical (unpaired) electrons. The van der Waals surface area contributed by atoms with Gasteiger partial charge < -0.3 is 5.73 Å². The third-order valence-electron chi connectivity index (χ3n) is 3.13. The first-order valence-corrected chi connectivity index (χ1v) is 5.89.